The van der Waals surface area contributed by atoms with E-state index >= 15 is 0 Å². The molecule has 0 bridgehead atoms. The third-order valence-corrected chi connectivity index (χ3v) is 4.08. The zero-order valence-electron chi connectivity index (χ0n) is 12.4. The topological polar surface area (TPSA) is 46.3 Å². The van der Waals surface area contributed by atoms with Gasteiger partial charge in [0.1, 0.15) is 11.5 Å². The van der Waals surface area contributed by atoms with E-state index in [0.29, 0.717) is 17.0 Å². The molecule has 0 N–H and O–H groups in total. The molecule has 1 amide bonds. The fourth-order valence-corrected chi connectivity index (χ4v) is 2.74. The second kappa shape index (κ2) is 4.98. The van der Waals surface area contributed by atoms with Crippen molar-refractivity contribution in [2.75, 3.05) is 13.1 Å². The number of amides is 1. The van der Waals surface area contributed by atoms with Gasteiger partial charge in [0.2, 0.25) is 0 Å². The van der Waals surface area contributed by atoms with Gasteiger partial charge in [-0.05, 0) is 37.6 Å². The number of aryl methyl sites for hydroxylation is 1. The Hall–Kier alpha value is -2.62. The zero-order valence-corrected chi connectivity index (χ0v) is 12.4. The molecule has 0 saturated carbocycles. The molecule has 110 valence electrons. The Morgan fingerprint density at radius 2 is 2.00 bits per heavy atom. The standard InChI is InChI=1S/C18H16N2O2/c1-12-7-8-17(22-12)16-11-14(18(21)20-9-4-10-20)13-5-2-3-6-15(13)19-16/h2-3,5-8,11H,4,9-10H2,1H3. The number of aromatic nitrogens is 1. The van der Waals surface area contributed by atoms with Crippen LogP contribution >= 0.6 is 0 Å². The molecule has 1 aromatic carbocycles. The smallest absolute Gasteiger partial charge is 0.254 e. The van der Waals surface area contributed by atoms with Crippen LogP contribution in [0.4, 0.5) is 0 Å². The predicted molar refractivity (Wildman–Crippen MR) is 84.7 cm³/mol. The Labute approximate surface area is 128 Å². The zero-order chi connectivity index (χ0) is 15.1. The molecule has 0 aliphatic carbocycles. The fourth-order valence-electron chi connectivity index (χ4n) is 2.74. The lowest BCUT2D eigenvalue weighted by Crippen LogP contribution is -2.42. The molecule has 1 aliphatic heterocycles. The first-order valence-corrected chi connectivity index (χ1v) is 7.48. The van der Waals surface area contributed by atoms with Crippen molar-refractivity contribution in [3.63, 3.8) is 0 Å². The SMILES string of the molecule is Cc1ccc(-c2cc(C(=O)N3CCC3)c3ccccc3n2)o1. The number of para-hydroxylation sites is 1. The van der Waals surface area contributed by atoms with Gasteiger partial charge in [-0.25, -0.2) is 4.98 Å². The lowest BCUT2D eigenvalue weighted by molar-refractivity contribution is 0.0654. The molecule has 4 heteroatoms. The van der Waals surface area contributed by atoms with E-state index in [1.807, 2.05) is 54.3 Å². The number of nitrogens with zero attached hydrogens (tertiary/aromatic N) is 2. The van der Waals surface area contributed by atoms with E-state index in [2.05, 4.69) is 4.98 Å². The quantitative estimate of drug-likeness (QED) is 0.724. The summed E-state index contributed by atoms with van der Waals surface area (Å²) in [7, 11) is 0. The van der Waals surface area contributed by atoms with Crippen LogP contribution in [0.5, 0.6) is 0 Å². The first kappa shape index (κ1) is 13.1. The summed E-state index contributed by atoms with van der Waals surface area (Å²) in [5.41, 5.74) is 2.22. The second-order valence-corrected chi connectivity index (χ2v) is 5.63. The van der Waals surface area contributed by atoms with Crippen molar-refractivity contribution in [1.82, 2.24) is 9.88 Å². The van der Waals surface area contributed by atoms with Gasteiger partial charge >= 0.3 is 0 Å². The van der Waals surface area contributed by atoms with Crippen LogP contribution in [-0.2, 0) is 0 Å². The van der Waals surface area contributed by atoms with Crippen molar-refractivity contribution in [2.24, 2.45) is 0 Å². The molecule has 22 heavy (non-hydrogen) atoms. The number of likely N-dealkylation sites (tertiary alicyclic amines) is 1. The number of pyridine rings is 1. The normalized spacial score (nSPS) is 14.1. The predicted octanol–water partition coefficient (Wildman–Crippen LogP) is 3.65. The summed E-state index contributed by atoms with van der Waals surface area (Å²) >= 11 is 0. The van der Waals surface area contributed by atoms with Crippen molar-refractivity contribution in [3.05, 3.63) is 53.8 Å². The van der Waals surface area contributed by atoms with Crippen LogP contribution in [0.25, 0.3) is 22.4 Å². The van der Waals surface area contributed by atoms with Crippen LogP contribution in [-0.4, -0.2) is 28.9 Å². The van der Waals surface area contributed by atoms with Crippen LogP contribution in [0.3, 0.4) is 0 Å². The molecule has 0 atom stereocenters. The van der Waals surface area contributed by atoms with E-state index in [1.165, 1.54) is 0 Å². The van der Waals surface area contributed by atoms with Gasteiger partial charge in [-0.2, -0.15) is 0 Å². The summed E-state index contributed by atoms with van der Waals surface area (Å²) in [5, 5.41) is 0.895. The van der Waals surface area contributed by atoms with Gasteiger partial charge in [-0.15, -0.1) is 0 Å². The van der Waals surface area contributed by atoms with Gasteiger partial charge in [-0.1, -0.05) is 18.2 Å². The summed E-state index contributed by atoms with van der Waals surface area (Å²) < 4.78 is 5.67. The Bertz CT molecular complexity index is 862. The number of hydrogen-bond donors (Lipinski definition) is 0. The second-order valence-electron chi connectivity index (χ2n) is 5.63. The number of hydrogen-bond acceptors (Lipinski definition) is 3. The summed E-state index contributed by atoms with van der Waals surface area (Å²) in [4.78, 5) is 19.2. The minimum absolute atomic E-state index is 0.0781. The van der Waals surface area contributed by atoms with Crippen LogP contribution in [0.2, 0.25) is 0 Å². The van der Waals surface area contributed by atoms with Crippen LogP contribution in [0.1, 0.15) is 22.5 Å². The van der Waals surface area contributed by atoms with E-state index in [0.717, 1.165) is 36.2 Å². The molecule has 1 aliphatic rings. The molecule has 1 fully saturated rings. The number of furan rings is 1. The molecule has 4 nitrogen and oxygen atoms in total. The monoisotopic (exact) mass is 292 g/mol. The van der Waals surface area contributed by atoms with E-state index in [4.69, 9.17) is 4.42 Å². The van der Waals surface area contributed by atoms with Gasteiger partial charge in [0, 0.05) is 18.5 Å². The van der Waals surface area contributed by atoms with Gasteiger partial charge < -0.3 is 9.32 Å². The molecule has 0 unspecified atom stereocenters. The van der Waals surface area contributed by atoms with E-state index in [1.54, 1.807) is 0 Å². The molecular weight excluding hydrogens is 276 g/mol. The van der Waals surface area contributed by atoms with E-state index in [9.17, 15) is 4.79 Å². The Balaban J connectivity index is 1.90. The summed E-state index contributed by atoms with van der Waals surface area (Å²) in [6.45, 7) is 3.58. The van der Waals surface area contributed by atoms with Crippen molar-refractivity contribution in [3.8, 4) is 11.5 Å². The Kier molecular flexibility index (Phi) is 2.96. The lowest BCUT2D eigenvalue weighted by Gasteiger charge is -2.31. The highest BCUT2D eigenvalue weighted by atomic mass is 16.3. The number of carbonyl (C=O) groups is 1. The first-order valence-electron chi connectivity index (χ1n) is 7.48. The van der Waals surface area contributed by atoms with Crippen LogP contribution in [0.15, 0.2) is 46.9 Å². The molecule has 4 rings (SSSR count). The largest absolute Gasteiger partial charge is 0.460 e. The highest BCUT2D eigenvalue weighted by Gasteiger charge is 2.24. The maximum absolute atomic E-state index is 12.7. The summed E-state index contributed by atoms with van der Waals surface area (Å²) in [6, 6.07) is 13.4. The molecular formula is C18H16N2O2. The number of benzene rings is 1. The Morgan fingerprint density at radius 1 is 1.18 bits per heavy atom. The lowest BCUT2D eigenvalue weighted by atomic mass is 10.0. The van der Waals surface area contributed by atoms with Crippen molar-refractivity contribution in [1.29, 1.82) is 0 Å². The van der Waals surface area contributed by atoms with Gasteiger partial charge in [0.15, 0.2) is 5.76 Å². The third-order valence-electron chi connectivity index (χ3n) is 4.08. The molecule has 2 aromatic heterocycles. The number of fused-ring (bicyclic) bond motifs is 1. The van der Waals surface area contributed by atoms with Crippen molar-refractivity contribution >= 4 is 16.8 Å². The molecule has 3 aromatic rings. The average molecular weight is 292 g/mol. The first-order chi connectivity index (χ1) is 10.7. The van der Waals surface area contributed by atoms with Crippen LogP contribution in [0, 0.1) is 6.92 Å². The van der Waals surface area contributed by atoms with E-state index in [-0.39, 0.29) is 5.91 Å². The van der Waals surface area contributed by atoms with Crippen molar-refractivity contribution < 1.29 is 9.21 Å². The number of carbonyl (C=O) groups excluding carboxylic acids is 1. The highest BCUT2D eigenvalue weighted by Crippen LogP contribution is 2.27. The maximum atomic E-state index is 12.7. The van der Waals surface area contributed by atoms with Gasteiger partial charge in [-0.3, -0.25) is 4.79 Å². The third kappa shape index (κ3) is 2.08. The fraction of sp³-hybridized carbons (Fsp3) is 0.222. The molecule has 1 saturated heterocycles. The molecule has 0 spiro atoms. The maximum Gasteiger partial charge on any atom is 0.254 e. The van der Waals surface area contributed by atoms with Gasteiger partial charge in [0.05, 0.1) is 11.1 Å². The van der Waals surface area contributed by atoms with E-state index < -0.39 is 0 Å². The highest BCUT2D eigenvalue weighted by molar-refractivity contribution is 6.07. The number of rotatable bonds is 2. The minimum atomic E-state index is 0.0781. The van der Waals surface area contributed by atoms with Crippen molar-refractivity contribution in [2.45, 2.75) is 13.3 Å². The minimum Gasteiger partial charge on any atom is -0.460 e. The van der Waals surface area contributed by atoms with Gasteiger partial charge in [0.25, 0.3) is 5.91 Å². The summed E-state index contributed by atoms with van der Waals surface area (Å²) in [5.74, 6) is 1.61. The van der Waals surface area contributed by atoms with Crippen LogP contribution < -0.4 is 0 Å². The Morgan fingerprint density at radius 3 is 2.68 bits per heavy atom. The molecule has 3 heterocycles. The summed E-state index contributed by atoms with van der Waals surface area (Å²) in [6.07, 6.45) is 1.08. The average Bonchev–Trinajstić information content (AvgIpc) is 2.91. The molecule has 0 radical (unpaired) electrons.